The second-order valence-corrected chi connectivity index (χ2v) is 5.44. The van der Waals surface area contributed by atoms with E-state index in [1.165, 1.54) is 4.68 Å². The van der Waals surface area contributed by atoms with Crippen LogP contribution in [0.3, 0.4) is 0 Å². The lowest BCUT2D eigenvalue weighted by atomic mass is 10.1. The smallest absolute Gasteiger partial charge is 0.245 e. The monoisotopic (exact) mass is 313 g/mol. The Labute approximate surface area is 134 Å². The number of amides is 2. The zero-order chi connectivity index (χ0) is 16.2. The average Bonchev–Trinajstić information content (AvgIpc) is 2.97. The molecule has 2 amide bonds. The number of fused-ring (bicyclic) bond motifs is 1. The highest BCUT2D eigenvalue weighted by atomic mass is 16.2. The van der Waals surface area contributed by atoms with Crippen molar-refractivity contribution in [1.29, 1.82) is 0 Å². The Morgan fingerprint density at radius 2 is 2.17 bits per heavy atom. The summed E-state index contributed by atoms with van der Waals surface area (Å²) in [5.74, 6) is 0.547. The molecule has 0 saturated carbocycles. The van der Waals surface area contributed by atoms with Crippen LogP contribution in [0.4, 0.5) is 5.95 Å². The van der Waals surface area contributed by atoms with Crippen LogP contribution in [0.15, 0.2) is 30.3 Å². The Balaban J connectivity index is 1.65. The number of anilines is 1. The molecule has 0 unspecified atom stereocenters. The van der Waals surface area contributed by atoms with E-state index in [0.717, 1.165) is 12.0 Å². The molecular weight excluding hydrogens is 294 g/mol. The maximum absolute atomic E-state index is 12.4. The van der Waals surface area contributed by atoms with Gasteiger partial charge in [-0.2, -0.15) is 10.1 Å². The van der Waals surface area contributed by atoms with Crippen LogP contribution in [-0.4, -0.2) is 33.1 Å². The lowest BCUT2D eigenvalue weighted by Crippen LogP contribution is -2.39. The van der Waals surface area contributed by atoms with E-state index < -0.39 is 6.04 Å². The maximum Gasteiger partial charge on any atom is 0.245 e. The zero-order valence-corrected chi connectivity index (χ0v) is 13.0. The van der Waals surface area contributed by atoms with Crippen molar-refractivity contribution in [1.82, 2.24) is 20.1 Å². The summed E-state index contributed by atoms with van der Waals surface area (Å²) in [6.07, 6.45) is 1.48. The third-order valence-electron chi connectivity index (χ3n) is 3.77. The van der Waals surface area contributed by atoms with Gasteiger partial charge in [-0.25, -0.2) is 4.68 Å². The molecule has 1 aromatic carbocycles. The molecule has 1 atom stereocenters. The highest BCUT2D eigenvalue weighted by molar-refractivity contribution is 5.96. The normalized spacial score (nSPS) is 16.6. The SMILES string of the molecule is CCc1nc2n(n1)[C@@H](C(=O)NCCc1ccccc1)CC(=O)N2. The summed E-state index contributed by atoms with van der Waals surface area (Å²) in [5.41, 5.74) is 1.16. The van der Waals surface area contributed by atoms with Gasteiger partial charge in [0.2, 0.25) is 17.8 Å². The maximum atomic E-state index is 12.4. The molecule has 3 rings (SSSR count). The zero-order valence-electron chi connectivity index (χ0n) is 13.0. The van der Waals surface area contributed by atoms with Crippen molar-refractivity contribution in [2.24, 2.45) is 0 Å². The van der Waals surface area contributed by atoms with Crippen LogP contribution in [0, 0.1) is 0 Å². The van der Waals surface area contributed by atoms with Gasteiger partial charge in [0, 0.05) is 13.0 Å². The van der Waals surface area contributed by atoms with Crippen LogP contribution in [0.25, 0.3) is 0 Å². The molecule has 2 heterocycles. The van der Waals surface area contributed by atoms with Gasteiger partial charge in [0.15, 0.2) is 5.82 Å². The Hall–Kier alpha value is -2.70. The Bertz CT molecular complexity index is 711. The minimum absolute atomic E-state index is 0.0800. The molecule has 0 fully saturated rings. The first-order valence-electron chi connectivity index (χ1n) is 7.74. The highest BCUT2D eigenvalue weighted by Crippen LogP contribution is 2.22. The molecule has 0 aliphatic carbocycles. The van der Waals surface area contributed by atoms with E-state index >= 15 is 0 Å². The standard InChI is InChI=1S/C16H19N5O2/c1-2-13-18-16-19-14(22)10-12(21(16)20-13)15(23)17-9-8-11-6-4-3-5-7-11/h3-7,12H,2,8-10H2,1H3,(H,17,23)(H,18,19,20,22)/t12-/m1/s1. The van der Waals surface area contributed by atoms with E-state index in [-0.39, 0.29) is 18.2 Å². The van der Waals surface area contributed by atoms with Crippen molar-refractivity contribution >= 4 is 17.8 Å². The van der Waals surface area contributed by atoms with Gasteiger partial charge < -0.3 is 5.32 Å². The first-order valence-corrected chi connectivity index (χ1v) is 7.74. The topological polar surface area (TPSA) is 88.9 Å². The first-order chi connectivity index (χ1) is 11.2. The van der Waals surface area contributed by atoms with Crippen molar-refractivity contribution in [3.05, 3.63) is 41.7 Å². The minimum atomic E-state index is -0.637. The molecule has 1 aliphatic heterocycles. The van der Waals surface area contributed by atoms with Gasteiger partial charge in [-0.3, -0.25) is 14.9 Å². The van der Waals surface area contributed by atoms with Gasteiger partial charge in [-0.05, 0) is 12.0 Å². The number of aryl methyl sites for hydroxylation is 1. The van der Waals surface area contributed by atoms with Gasteiger partial charge in [-0.1, -0.05) is 37.3 Å². The molecule has 7 heteroatoms. The van der Waals surface area contributed by atoms with Gasteiger partial charge >= 0.3 is 0 Å². The summed E-state index contributed by atoms with van der Waals surface area (Å²) in [4.78, 5) is 28.4. The van der Waals surface area contributed by atoms with E-state index in [2.05, 4.69) is 20.7 Å². The van der Waals surface area contributed by atoms with E-state index in [4.69, 9.17) is 0 Å². The summed E-state index contributed by atoms with van der Waals surface area (Å²) < 4.78 is 1.51. The Morgan fingerprint density at radius 1 is 1.39 bits per heavy atom. The van der Waals surface area contributed by atoms with E-state index in [1.807, 2.05) is 37.3 Å². The summed E-state index contributed by atoms with van der Waals surface area (Å²) >= 11 is 0. The molecule has 0 radical (unpaired) electrons. The highest BCUT2D eigenvalue weighted by Gasteiger charge is 2.32. The molecule has 0 saturated heterocycles. The number of nitrogens with zero attached hydrogens (tertiary/aromatic N) is 3. The van der Waals surface area contributed by atoms with Crippen LogP contribution in [0.2, 0.25) is 0 Å². The fraction of sp³-hybridized carbons (Fsp3) is 0.375. The van der Waals surface area contributed by atoms with Gasteiger partial charge in [0.25, 0.3) is 0 Å². The van der Waals surface area contributed by atoms with Crippen molar-refractivity contribution in [2.75, 3.05) is 11.9 Å². The molecule has 2 N–H and O–H groups in total. The number of nitrogens with one attached hydrogen (secondary N) is 2. The largest absolute Gasteiger partial charge is 0.354 e. The molecule has 120 valence electrons. The molecule has 1 aromatic heterocycles. The molecule has 23 heavy (non-hydrogen) atoms. The van der Waals surface area contributed by atoms with E-state index in [1.54, 1.807) is 0 Å². The second kappa shape index (κ2) is 6.60. The van der Waals surface area contributed by atoms with Gasteiger partial charge in [0.1, 0.15) is 6.04 Å². The van der Waals surface area contributed by atoms with Crippen LogP contribution in [0.5, 0.6) is 0 Å². The molecule has 2 aromatic rings. The van der Waals surface area contributed by atoms with Gasteiger partial charge in [-0.15, -0.1) is 0 Å². The third-order valence-corrected chi connectivity index (χ3v) is 3.77. The number of aromatic nitrogens is 3. The number of hydrogen-bond donors (Lipinski definition) is 2. The van der Waals surface area contributed by atoms with Crippen LogP contribution in [-0.2, 0) is 22.4 Å². The lowest BCUT2D eigenvalue weighted by molar-refractivity contribution is -0.128. The van der Waals surface area contributed by atoms with Crippen molar-refractivity contribution < 1.29 is 9.59 Å². The summed E-state index contributed by atoms with van der Waals surface area (Å²) in [7, 11) is 0. The summed E-state index contributed by atoms with van der Waals surface area (Å²) in [6.45, 7) is 2.45. The van der Waals surface area contributed by atoms with Crippen molar-refractivity contribution in [3.63, 3.8) is 0 Å². The number of rotatable bonds is 5. The number of benzene rings is 1. The van der Waals surface area contributed by atoms with Crippen LogP contribution in [0.1, 0.15) is 30.8 Å². The minimum Gasteiger partial charge on any atom is -0.354 e. The van der Waals surface area contributed by atoms with Crippen LogP contribution < -0.4 is 10.6 Å². The molecule has 1 aliphatic rings. The molecule has 7 nitrogen and oxygen atoms in total. The molecular formula is C16H19N5O2. The molecule has 0 spiro atoms. The summed E-state index contributed by atoms with van der Waals surface area (Å²) in [5, 5.41) is 9.84. The average molecular weight is 313 g/mol. The Morgan fingerprint density at radius 3 is 2.91 bits per heavy atom. The van der Waals surface area contributed by atoms with Gasteiger partial charge in [0.05, 0.1) is 6.42 Å². The number of carbonyl (C=O) groups is 2. The predicted molar refractivity (Wildman–Crippen MR) is 84.8 cm³/mol. The fourth-order valence-electron chi connectivity index (χ4n) is 2.55. The van der Waals surface area contributed by atoms with Crippen molar-refractivity contribution in [2.45, 2.75) is 32.2 Å². The summed E-state index contributed by atoms with van der Waals surface area (Å²) in [6, 6.07) is 9.29. The van der Waals surface area contributed by atoms with Crippen molar-refractivity contribution in [3.8, 4) is 0 Å². The Kier molecular flexibility index (Phi) is 4.36. The van der Waals surface area contributed by atoms with E-state index in [9.17, 15) is 9.59 Å². The third kappa shape index (κ3) is 3.39. The quantitative estimate of drug-likeness (QED) is 0.864. The van der Waals surface area contributed by atoms with Crippen LogP contribution >= 0.6 is 0 Å². The number of hydrogen-bond acceptors (Lipinski definition) is 4. The predicted octanol–water partition coefficient (Wildman–Crippen LogP) is 1.08. The second-order valence-electron chi connectivity index (χ2n) is 5.44. The number of carbonyl (C=O) groups excluding carboxylic acids is 2. The first kappa shape index (κ1) is 15.2. The fourth-order valence-corrected chi connectivity index (χ4v) is 2.55. The molecule has 0 bridgehead atoms. The lowest BCUT2D eigenvalue weighted by Gasteiger charge is -2.22. The van der Waals surface area contributed by atoms with E-state index in [0.29, 0.717) is 24.7 Å².